The fourth-order valence-corrected chi connectivity index (χ4v) is 5.72. The maximum Gasteiger partial charge on any atom is 0.138 e. The van der Waals surface area contributed by atoms with Crippen LogP contribution in [-0.4, -0.2) is 66.3 Å². The number of benzene rings is 1. The van der Waals surface area contributed by atoms with Crippen LogP contribution in [0.1, 0.15) is 28.5 Å². The highest BCUT2D eigenvalue weighted by Gasteiger charge is 2.93. The van der Waals surface area contributed by atoms with Crippen LogP contribution in [0.25, 0.3) is 0 Å². The van der Waals surface area contributed by atoms with Gasteiger partial charge in [0, 0.05) is 5.92 Å². The zero-order valence-corrected chi connectivity index (χ0v) is 15.0. The predicted molar refractivity (Wildman–Crippen MR) is 94.9 cm³/mol. The molecule has 6 N–H and O–H groups in total. The predicted octanol–water partition coefficient (Wildman–Crippen LogP) is -0.141. The Hall–Kier alpha value is -1.32. The lowest BCUT2D eigenvalue weighted by atomic mass is 9.30. The van der Waals surface area contributed by atoms with Crippen molar-refractivity contribution in [2.24, 2.45) is 0 Å². The summed E-state index contributed by atoms with van der Waals surface area (Å²) in [6, 6.07) is 8.61. The summed E-state index contributed by atoms with van der Waals surface area (Å²) in [6.45, 7) is 1.10. The first kappa shape index (κ1) is 18.1. The molecule has 2 saturated carbocycles. The number of aryl methyl sites for hydroxylation is 1. The third-order valence-corrected chi connectivity index (χ3v) is 7.01. The molecule has 1 aromatic carbocycles. The van der Waals surface area contributed by atoms with E-state index in [2.05, 4.69) is 0 Å². The molecular formula is C19H22O6S. The zero-order chi connectivity index (χ0) is 18.9. The number of rotatable bonds is 4. The van der Waals surface area contributed by atoms with E-state index in [1.54, 1.807) is 41.1 Å². The SMILES string of the molecule is Cc1ccc(C2[C@]3(O)C(O)C(c4ccsc4)[C@]3(O)[C@]2(O)[C@H](O)CO)cc1. The molecule has 0 saturated heterocycles. The van der Waals surface area contributed by atoms with Gasteiger partial charge < -0.3 is 30.6 Å². The molecule has 2 fully saturated rings. The second-order valence-corrected chi connectivity index (χ2v) is 8.22. The molecule has 7 heteroatoms. The minimum Gasteiger partial charge on any atom is -0.394 e. The quantitative estimate of drug-likeness (QED) is 0.440. The molecule has 1 heterocycles. The Kier molecular flexibility index (Phi) is 3.88. The molecule has 140 valence electrons. The summed E-state index contributed by atoms with van der Waals surface area (Å²) >= 11 is 1.36. The van der Waals surface area contributed by atoms with Crippen LogP contribution in [-0.2, 0) is 0 Å². The number of hydrogen-bond acceptors (Lipinski definition) is 7. The van der Waals surface area contributed by atoms with Gasteiger partial charge in [-0.15, -0.1) is 0 Å². The van der Waals surface area contributed by atoms with E-state index in [1.165, 1.54) is 11.3 Å². The average Bonchev–Trinajstić information content (AvgIpc) is 3.15. The topological polar surface area (TPSA) is 121 Å². The smallest absolute Gasteiger partial charge is 0.138 e. The monoisotopic (exact) mass is 378 g/mol. The fourth-order valence-electron chi connectivity index (χ4n) is 5.03. The van der Waals surface area contributed by atoms with Crippen LogP contribution in [0.4, 0.5) is 0 Å². The molecule has 7 atom stereocenters. The van der Waals surface area contributed by atoms with Gasteiger partial charge in [0.1, 0.15) is 22.9 Å². The van der Waals surface area contributed by atoms with Gasteiger partial charge in [-0.05, 0) is 34.9 Å². The summed E-state index contributed by atoms with van der Waals surface area (Å²) in [5.41, 5.74) is -4.41. The van der Waals surface area contributed by atoms with Crippen LogP contribution >= 0.6 is 11.3 Å². The molecule has 0 bridgehead atoms. The number of fused-ring (bicyclic) bond motifs is 1. The van der Waals surface area contributed by atoms with Gasteiger partial charge in [-0.3, -0.25) is 0 Å². The van der Waals surface area contributed by atoms with E-state index in [0.717, 1.165) is 5.56 Å². The normalized spacial score (nSPS) is 42.5. The molecule has 26 heavy (non-hydrogen) atoms. The van der Waals surface area contributed by atoms with Crippen molar-refractivity contribution < 1.29 is 30.6 Å². The van der Waals surface area contributed by atoms with E-state index < -0.39 is 47.5 Å². The maximum atomic E-state index is 11.3. The Labute approximate surface area is 154 Å². The first-order chi connectivity index (χ1) is 12.2. The van der Waals surface area contributed by atoms with Crippen LogP contribution in [0, 0.1) is 6.92 Å². The summed E-state index contributed by atoms with van der Waals surface area (Å²) in [6.07, 6.45) is -3.01. The van der Waals surface area contributed by atoms with Crippen molar-refractivity contribution in [2.75, 3.05) is 6.61 Å². The molecule has 0 radical (unpaired) electrons. The van der Waals surface area contributed by atoms with Crippen molar-refractivity contribution in [3.8, 4) is 0 Å². The Bertz CT molecular complexity index is 808. The van der Waals surface area contributed by atoms with E-state index in [1.807, 2.05) is 6.92 Å². The zero-order valence-electron chi connectivity index (χ0n) is 14.1. The molecule has 2 aliphatic carbocycles. The van der Waals surface area contributed by atoms with Crippen molar-refractivity contribution >= 4 is 11.3 Å². The van der Waals surface area contributed by atoms with Gasteiger partial charge in [0.25, 0.3) is 0 Å². The van der Waals surface area contributed by atoms with Crippen molar-refractivity contribution in [3.63, 3.8) is 0 Å². The van der Waals surface area contributed by atoms with Gasteiger partial charge in [0.15, 0.2) is 0 Å². The van der Waals surface area contributed by atoms with Crippen molar-refractivity contribution in [3.05, 3.63) is 57.8 Å². The third kappa shape index (κ3) is 1.77. The van der Waals surface area contributed by atoms with Crippen molar-refractivity contribution in [1.29, 1.82) is 0 Å². The first-order valence-corrected chi connectivity index (χ1v) is 9.41. The van der Waals surface area contributed by atoms with Crippen LogP contribution < -0.4 is 0 Å². The maximum absolute atomic E-state index is 11.3. The van der Waals surface area contributed by atoms with E-state index >= 15 is 0 Å². The number of aliphatic hydroxyl groups excluding tert-OH is 3. The Morgan fingerprint density at radius 1 is 1.08 bits per heavy atom. The van der Waals surface area contributed by atoms with Gasteiger partial charge in [0.05, 0.1) is 18.6 Å². The van der Waals surface area contributed by atoms with Crippen LogP contribution in [0.2, 0.25) is 0 Å². The number of aliphatic hydroxyl groups is 6. The third-order valence-electron chi connectivity index (χ3n) is 6.31. The molecule has 0 aliphatic heterocycles. The van der Waals surface area contributed by atoms with Gasteiger partial charge in [0.2, 0.25) is 0 Å². The molecule has 0 amide bonds. The summed E-state index contributed by atoms with van der Waals surface area (Å²) in [5, 5.41) is 67.9. The molecule has 0 spiro atoms. The summed E-state index contributed by atoms with van der Waals surface area (Å²) in [7, 11) is 0. The number of hydrogen-bond donors (Lipinski definition) is 6. The van der Waals surface area contributed by atoms with Crippen LogP contribution in [0.15, 0.2) is 41.1 Å². The second-order valence-electron chi connectivity index (χ2n) is 7.44. The summed E-state index contributed by atoms with van der Waals surface area (Å²) in [5.74, 6) is -2.11. The van der Waals surface area contributed by atoms with Gasteiger partial charge >= 0.3 is 0 Å². The Morgan fingerprint density at radius 3 is 2.27 bits per heavy atom. The molecule has 4 rings (SSSR count). The molecular weight excluding hydrogens is 356 g/mol. The number of thiophene rings is 1. The van der Waals surface area contributed by atoms with Gasteiger partial charge in [-0.1, -0.05) is 29.8 Å². The van der Waals surface area contributed by atoms with Crippen LogP contribution in [0.3, 0.4) is 0 Å². The lowest BCUT2D eigenvalue weighted by molar-refractivity contribution is -0.459. The summed E-state index contributed by atoms with van der Waals surface area (Å²) in [4.78, 5) is 0. The highest BCUT2D eigenvalue weighted by Crippen LogP contribution is 2.75. The first-order valence-electron chi connectivity index (χ1n) is 8.47. The lowest BCUT2D eigenvalue weighted by Crippen LogP contribution is -2.99. The Balaban J connectivity index is 1.85. The van der Waals surface area contributed by atoms with Crippen LogP contribution in [0.5, 0.6) is 0 Å². The van der Waals surface area contributed by atoms with Gasteiger partial charge in [-0.25, -0.2) is 0 Å². The summed E-state index contributed by atoms with van der Waals surface area (Å²) < 4.78 is 0. The highest BCUT2D eigenvalue weighted by atomic mass is 32.1. The molecule has 2 aromatic rings. The minimum absolute atomic E-state index is 0.473. The average molecular weight is 378 g/mol. The van der Waals surface area contributed by atoms with E-state index in [4.69, 9.17) is 0 Å². The molecule has 2 aliphatic rings. The fraction of sp³-hybridized carbons (Fsp3) is 0.474. The largest absolute Gasteiger partial charge is 0.394 e. The second kappa shape index (κ2) is 5.59. The van der Waals surface area contributed by atoms with E-state index in [0.29, 0.717) is 11.1 Å². The Morgan fingerprint density at radius 2 is 1.73 bits per heavy atom. The van der Waals surface area contributed by atoms with E-state index in [9.17, 15) is 30.6 Å². The standard InChI is InChI=1S/C19H22O6S/c1-10-2-4-11(5-3-10)15-17(23,13(21)8-20)19(25)14(12-6-7-26-9-12)16(22)18(15,19)24/h2-7,9,13-16,20-25H,8H2,1H3/t13-,14?,15?,16?,17+,18+,19+/m1/s1. The van der Waals surface area contributed by atoms with Crippen molar-refractivity contribution in [1.82, 2.24) is 0 Å². The highest BCUT2D eigenvalue weighted by molar-refractivity contribution is 7.08. The van der Waals surface area contributed by atoms with Crippen molar-refractivity contribution in [2.45, 2.75) is 47.8 Å². The molecule has 6 nitrogen and oxygen atoms in total. The molecule has 3 unspecified atom stereocenters. The minimum atomic E-state index is -2.21. The molecule has 1 aromatic heterocycles. The lowest BCUT2D eigenvalue weighted by Gasteiger charge is -2.80. The van der Waals surface area contributed by atoms with Gasteiger partial charge in [-0.2, -0.15) is 11.3 Å². The van der Waals surface area contributed by atoms with E-state index in [-0.39, 0.29) is 0 Å².